The molecule has 0 aliphatic carbocycles. The van der Waals surface area contributed by atoms with Crippen LogP contribution in [0.4, 0.5) is 5.69 Å². The van der Waals surface area contributed by atoms with Crippen molar-refractivity contribution in [3.63, 3.8) is 0 Å². The molecule has 6 heteroatoms. The fraction of sp³-hybridized carbons (Fsp3) is 0.611. The molecule has 0 aromatic heterocycles. The molecule has 1 aromatic rings. The summed E-state index contributed by atoms with van der Waals surface area (Å²) in [6, 6.07) is 6.20. The molecule has 1 fully saturated rings. The lowest BCUT2D eigenvalue weighted by Gasteiger charge is -2.32. The van der Waals surface area contributed by atoms with Crippen LogP contribution >= 0.6 is 24.8 Å². The average Bonchev–Trinajstić information content (AvgIpc) is 2.52. The molecule has 1 aliphatic rings. The lowest BCUT2D eigenvalue weighted by Crippen LogP contribution is -2.41. The van der Waals surface area contributed by atoms with Crippen molar-refractivity contribution in [3.8, 4) is 0 Å². The van der Waals surface area contributed by atoms with E-state index in [2.05, 4.69) is 36.6 Å². The van der Waals surface area contributed by atoms with Gasteiger partial charge in [-0.15, -0.1) is 24.8 Å². The third kappa shape index (κ3) is 6.50. The Morgan fingerprint density at radius 1 is 1.17 bits per heavy atom. The molecule has 2 N–H and O–H groups in total. The molecule has 24 heavy (non-hydrogen) atoms. The van der Waals surface area contributed by atoms with E-state index in [4.69, 9.17) is 0 Å². The zero-order valence-corrected chi connectivity index (χ0v) is 16.6. The fourth-order valence-electron chi connectivity index (χ4n) is 3.19. The van der Waals surface area contributed by atoms with Gasteiger partial charge in [-0.1, -0.05) is 18.2 Å². The molecule has 1 amide bonds. The van der Waals surface area contributed by atoms with Crippen LogP contribution in [0.25, 0.3) is 0 Å². The monoisotopic (exact) mass is 375 g/mol. The number of nitrogens with zero attached hydrogens (tertiary/aromatic N) is 1. The number of hydrogen-bond acceptors (Lipinski definition) is 3. The van der Waals surface area contributed by atoms with Gasteiger partial charge in [-0.05, 0) is 63.7 Å². The number of aryl methyl sites for hydroxylation is 2. The number of carbonyl (C=O) groups is 1. The normalized spacial score (nSPS) is 14.5. The highest BCUT2D eigenvalue weighted by molar-refractivity contribution is 5.85. The van der Waals surface area contributed by atoms with Gasteiger partial charge in [0.05, 0.1) is 6.54 Å². The third-order valence-corrected chi connectivity index (χ3v) is 4.67. The van der Waals surface area contributed by atoms with Crippen molar-refractivity contribution in [1.29, 1.82) is 0 Å². The smallest absolute Gasteiger partial charge is 0.241 e. The molecular weight excluding hydrogens is 345 g/mol. The Hall–Kier alpha value is -0.970. The van der Waals surface area contributed by atoms with Crippen LogP contribution in [-0.4, -0.2) is 44.0 Å². The summed E-state index contributed by atoms with van der Waals surface area (Å²) in [6.07, 6.45) is 3.49. The van der Waals surface area contributed by atoms with Crippen molar-refractivity contribution < 1.29 is 4.79 Å². The van der Waals surface area contributed by atoms with Crippen LogP contribution in [0.5, 0.6) is 0 Å². The molecule has 0 unspecified atom stereocenters. The van der Waals surface area contributed by atoms with E-state index in [0.29, 0.717) is 6.54 Å². The van der Waals surface area contributed by atoms with Gasteiger partial charge in [0, 0.05) is 18.8 Å². The molecule has 4 nitrogen and oxygen atoms in total. The van der Waals surface area contributed by atoms with E-state index < -0.39 is 0 Å². The van der Waals surface area contributed by atoms with E-state index in [0.717, 1.165) is 44.1 Å². The number of piperidine rings is 1. The van der Waals surface area contributed by atoms with E-state index in [1.807, 2.05) is 18.0 Å². The van der Waals surface area contributed by atoms with Gasteiger partial charge in [0.25, 0.3) is 0 Å². The van der Waals surface area contributed by atoms with Crippen LogP contribution in [0.15, 0.2) is 18.2 Å². The summed E-state index contributed by atoms with van der Waals surface area (Å²) in [5, 5.41) is 6.53. The molecular formula is C18H31Cl2N3O. The summed E-state index contributed by atoms with van der Waals surface area (Å²) in [5.41, 5.74) is 3.48. The zero-order chi connectivity index (χ0) is 15.9. The molecule has 0 radical (unpaired) electrons. The van der Waals surface area contributed by atoms with Crippen LogP contribution in [0.3, 0.4) is 0 Å². The van der Waals surface area contributed by atoms with Gasteiger partial charge in [0.15, 0.2) is 0 Å². The Bertz CT molecular complexity index is 483. The van der Waals surface area contributed by atoms with Crippen LogP contribution < -0.4 is 10.6 Å². The molecule has 0 atom stereocenters. The number of amides is 1. The van der Waals surface area contributed by atoms with E-state index in [1.54, 1.807) is 0 Å². The number of halogens is 2. The minimum atomic E-state index is 0. The predicted molar refractivity (Wildman–Crippen MR) is 107 cm³/mol. The van der Waals surface area contributed by atoms with Crippen molar-refractivity contribution in [2.24, 2.45) is 5.92 Å². The number of para-hydroxylation sites is 1. The Kier molecular flexibility index (Phi) is 11.1. The van der Waals surface area contributed by atoms with Gasteiger partial charge in [0.2, 0.25) is 5.91 Å². The Balaban J connectivity index is 0.00000264. The highest BCUT2D eigenvalue weighted by Gasteiger charge is 2.22. The maximum atomic E-state index is 12.4. The van der Waals surface area contributed by atoms with E-state index in [-0.39, 0.29) is 30.7 Å². The van der Waals surface area contributed by atoms with Crippen molar-refractivity contribution in [1.82, 2.24) is 10.2 Å². The van der Waals surface area contributed by atoms with Crippen molar-refractivity contribution >= 4 is 36.4 Å². The van der Waals surface area contributed by atoms with E-state index >= 15 is 0 Å². The topological polar surface area (TPSA) is 44.4 Å². The van der Waals surface area contributed by atoms with Crippen LogP contribution in [0.1, 0.15) is 30.4 Å². The van der Waals surface area contributed by atoms with Crippen molar-refractivity contribution in [2.45, 2.75) is 33.1 Å². The number of benzene rings is 1. The van der Waals surface area contributed by atoms with Gasteiger partial charge in [-0.25, -0.2) is 0 Å². The molecule has 0 bridgehead atoms. The first-order chi connectivity index (χ1) is 10.6. The molecule has 138 valence electrons. The molecule has 1 heterocycles. The van der Waals surface area contributed by atoms with Crippen LogP contribution in [-0.2, 0) is 4.79 Å². The second-order valence-electron chi connectivity index (χ2n) is 6.34. The standard InChI is InChI=1S/C18H29N3O.2ClH/c1-14-5-4-6-15(2)18(14)20-13-17(22)21-11-8-16(9-12-21)7-10-19-3;;/h4-6,16,19-20H,7-13H2,1-3H3;2*1H. The first kappa shape index (κ1) is 23.0. The average molecular weight is 376 g/mol. The number of likely N-dealkylation sites (tertiary alicyclic amines) is 1. The second-order valence-corrected chi connectivity index (χ2v) is 6.34. The summed E-state index contributed by atoms with van der Waals surface area (Å²) < 4.78 is 0. The highest BCUT2D eigenvalue weighted by Crippen LogP contribution is 2.21. The quantitative estimate of drug-likeness (QED) is 0.800. The zero-order valence-electron chi connectivity index (χ0n) is 14.9. The molecule has 2 rings (SSSR count). The first-order valence-electron chi connectivity index (χ1n) is 8.34. The van der Waals surface area contributed by atoms with Crippen molar-refractivity contribution in [2.75, 3.05) is 38.5 Å². The number of anilines is 1. The van der Waals surface area contributed by atoms with Gasteiger partial charge >= 0.3 is 0 Å². The molecule has 1 aromatic carbocycles. The molecule has 0 saturated carbocycles. The summed E-state index contributed by atoms with van der Waals surface area (Å²) in [5.74, 6) is 0.984. The third-order valence-electron chi connectivity index (χ3n) is 4.67. The van der Waals surface area contributed by atoms with Gasteiger partial charge < -0.3 is 15.5 Å². The minimum Gasteiger partial charge on any atom is -0.376 e. The summed E-state index contributed by atoms with van der Waals surface area (Å²) in [7, 11) is 2.00. The van der Waals surface area contributed by atoms with Gasteiger partial charge in [-0.2, -0.15) is 0 Å². The second kappa shape index (κ2) is 11.6. The minimum absolute atomic E-state index is 0. The lowest BCUT2D eigenvalue weighted by molar-refractivity contribution is -0.130. The molecule has 1 saturated heterocycles. The summed E-state index contributed by atoms with van der Waals surface area (Å²) >= 11 is 0. The van der Waals surface area contributed by atoms with Crippen LogP contribution in [0.2, 0.25) is 0 Å². The molecule has 0 spiro atoms. The Morgan fingerprint density at radius 2 is 1.75 bits per heavy atom. The predicted octanol–water partition coefficient (Wildman–Crippen LogP) is 3.41. The lowest BCUT2D eigenvalue weighted by atomic mass is 9.93. The van der Waals surface area contributed by atoms with Crippen molar-refractivity contribution in [3.05, 3.63) is 29.3 Å². The molecule has 1 aliphatic heterocycles. The Labute approximate surface area is 158 Å². The largest absolute Gasteiger partial charge is 0.376 e. The summed E-state index contributed by atoms with van der Waals surface area (Å²) in [4.78, 5) is 14.4. The van der Waals surface area contributed by atoms with Gasteiger partial charge in [0.1, 0.15) is 0 Å². The fourth-order valence-corrected chi connectivity index (χ4v) is 3.19. The van der Waals surface area contributed by atoms with E-state index in [1.165, 1.54) is 17.5 Å². The maximum absolute atomic E-state index is 12.4. The first-order valence-corrected chi connectivity index (χ1v) is 8.34. The SMILES string of the molecule is CNCCC1CCN(C(=O)CNc2c(C)cccc2C)CC1.Cl.Cl. The maximum Gasteiger partial charge on any atom is 0.241 e. The Morgan fingerprint density at radius 3 is 2.29 bits per heavy atom. The number of rotatable bonds is 6. The van der Waals surface area contributed by atoms with Crippen LogP contribution in [0, 0.1) is 19.8 Å². The number of hydrogen-bond donors (Lipinski definition) is 2. The van der Waals surface area contributed by atoms with E-state index in [9.17, 15) is 4.79 Å². The number of carbonyl (C=O) groups excluding carboxylic acids is 1. The highest BCUT2D eigenvalue weighted by atomic mass is 35.5. The number of nitrogens with one attached hydrogen (secondary N) is 2. The summed E-state index contributed by atoms with van der Waals surface area (Å²) in [6.45, 7) is 7.43. The van der Waals surface area contributed by atoms with Gasteiger partial charge in [-0.3, -0.25) is 4.79 Å².